The van der Waals surface area contributed by atoms with Crippen molar-refractivity contribution in [3.63, 3.8) is 0 Å². The molecule has 6 nitrogen and oxygen atoms in total. The number of pyridine rings is 1. The van der Waals surface area contributed by atoms with E-state index in [0.717, 1.165) is 42.5 Å². The Labute approximate surface area is 169 Å². The van der Waals surface area contributed by atoms with Crippen LogP contribution in [0.15, 0.2) is 42.6 Å². The molecule has 7 heteroatoms. The molecule has 28 heavy (non-hydrogen) atoms. The summed E-state index contributed by atoms with van der Waals surface area (Å²) >= 11 is 1.90. The summed E-state index contributed by atoms with van der Waals surface area (Å²) in [7, 11) is 1.67. The van der Waals surface area contributed by atoms with Crippen molar-refractivity contribution in [1.29, 1.82) is 0 Å². The summed E-state index contributed by atoms with van der Waals surface area (Å²) in [6.45, 7) is 2.97. The van der Waals surface area contributed by atoms with Crippen LogP contribution in [0.4, 0.5) is 5.69 Å². The Hall–Kier alpha value is -2.41. The third-order valence-corrected chi connectivity index (χ3v) is 6.28. The lowest BCUT2D eigenvalue weighted by Crippen LogP contribution is -2.48. The monoisotopic (exact) mass is 399 g/mol. The molecule has 1 aromatic heterocycles. The third kappa shape index (κ3) is 4.35. The van der Waals surface area contributed by atoms with E-state index in [0.29, 0.717) is 24.5 Å². The molecule has 0 bridgehead atoms. The van der Waals surface area contributed by atoms with Crippen LogP contribution in [0.5, 0.6) is 11.6 Å². The summed E-state index contributed by atoms with van der Waals surface area (Å²) in [5, 5.41) is 0. The standard InChI is InChI=1S/C21H25N3O3S/c1-26-18-4-2-3-17(13-18)23-8-10-24(11-9-23)21(25)16-5-6-20(22-14-16)27-19-7-12-28-15-19/h2-6,13-14,19H,7-12,15H2,1H3. The summed E-state index contributed by atoms with van der Waals surface area (Å²) in [5.74, 6) is 3.64. The number of methoxy groups -OCH3 is 1. The van der Waals surface area contributed by atoms with Gasteiger partial charge in [-0.1, -0.05) is 6.07 Å². The van der Waals surface area contributed by atoms with Crippen molar-refractivity contribution < 1.29 is 14.3 Å². The number of amides is 1. The molecular formula is C21H25N3O3S. The first-order valence-corrected chi connectivity index (χ1v) is 10.8. The van der Waals surface area contributed by atoms with Gasteiger partial charge in [-0.25, -0.2) is 4.98 Å². The van der Waals surface area contributed by atoms with Crippen molar-refractivity contribution in [2.45, 2.75) is 12.5 Å². The fourth-order valence-electron chi connectivity index (χ4n) is 3.51. The van der Waals surface area contributed by atoms with Crippen LogP contribution in [0.3, 0.4) is 0 Å². The SMILES string of the molecule is COc1cccc(N2CCN(C(=O)c3ccc(OC4CCSC4)nc3)CC2)c1. The van der Waals surface area contributed by atoms with E-state index < -0.39 is 0 Å². The number of piperazine rings is 1. The first kappa shape index (κ1) is 18.9. The van der Waals surface area contributed by atoms with Gasteiger partial charge in [0.15, 0.2) is 0 Å². The highest BCUT2D eigenvalue weighted by atomic mass is 32.2. The van der Waals surface area contributed by atoms with E-state index in [9.17, 15) is 4.79 Å². The number of aromatic nitrogens is 1. The quantitative estimate of drug-likeness (QED) is 0.771. The third-order valence-electron chi connectivity index (χ3n) is 5.14. The Balaban J connectivity index is 1.33. The fourth-order valence-corrected chi connectivity index (χ4v) is 4.60. The molecule has 0 spiro atoms. The predicted molar refractivity (Wildman–Crippen MR) is 112 cm³/mol. The van der Waals surface area contributed by atoms with E-state index in [1.807, 2.05) is 47.0 Å². The van der Waals surface area contributed by atoms with Crippen LogP contribution in [0, 0.1) is 0 Å². The van der Waals surface area contributed by atoms with Gasteiger partial charge in [0.1, 0.15) is 11.9 Å². The van der Waals surface area contributed by atoms with Gasteiger partial charge in [-0.05, 0) is 30.4 Å². The normalized spacial score (nSPS) is 19.5. The number of rotatable bonds is 5. The van der Waals surface area contributed by atoms with E-state index >= 15 is 0 Å². The Morgan fingerprint density at radius 1 is 1.18 bits per heavy atom. The molecule has 2 aliphatic rings. The number of hydrogen-bond acceptors (Lipinski definition) is 6. The van der Waals surface area contributed by atoms with Crippen LogP contribution < -0.4 is 14.4 Å². The summed E-state index contributed by atoms with van der Waals surface area (Å²) in [6, 6.07) is 11.7. The largest absolute Gasteiger partial charge is 0.497 e. The van der Waals surface area contributed by atoms with E-state index in [2.05, 4.69) is 16.0 Å². The molecule has 0 N–H and O–H groups in total. The molecule has 3 heterocycles. The number of nitrogens with zero attached hydrogens (tertiary/aromatic N) is 3. The van der Waals surface area contributed by atoms with Crippen molar-refractivity contribution in [3.8, 4) is 11.6 Å². The zero-order valence-electron chi connectivity index (χ0n) is 16.0. The van der Waals surface area contributed by atoms with Crippen molar-refractivity contribution in [3.05, 3.63) is 48.2 Å². The average Bonchev–Trinajstić information content (AvgIpc) is 3.27. The number of thioether (sulfide) groups is 1. The van der Waals surface area contributed by atoms with Crippen molar-refractivity contribution in [2.24, 2.45) is 0 Å². The van der Waals surface area contributed by atoms with Crippen LogP contribution >= 0.6 is 11.8 Å². The summed E-state index contributed by atoms with van der Waals surface area (Å²) in [4.78, 5) is 21.3. The second kappa shape index (κ2) is 8.73. The Morgan fingerprint density at radius 3 is 2.71 bits per heavy atom. The van der Waals surface area contributed by atoms with Gasteiger partial charge in [-0.3, -0.25) is 4.79 Å². The van der Waals surface area contributed by atoms with Gasteiger partial charge in [0, 0.05) is 55.9 Å². The number of carbonyl (C=O) groups is 1. The molecule has 0 saturated carbocycles. The van der Waals surface area contributed by atoms with Crippen LogP contribution in [-0.4, -0.2) is 66.7 Å². The summed E-state index contributed by atoms with van der Waals surface area (Å²) < 4.78 is 11.2. The van der Waals surface area contributed by atoms with Crippen molar-refractivity contribution in [1.82, 2.24) is 9.88 Å². The first-order chi connectivity index (χ1) is 13.7. The molecule has 1 amide bonds. The van der Waals surface area contributed by atoms with Gasteiger partial charge in [0.25, 0.3) is 5.91 Å². The molecule has 1 atom stereocenters. The molecular weight excluding hydrogens is 374 g/mol. The second-order valence-corrected chi connectivity index (χ2v) is 8.12. The van der Waals surface area contributed by atoms with E-state index in [-0.39, 0.29) is 12.0 Å². The molecule has 0 radical (unpaired) electrons. The van der Waals surface area contributed by atoms with Crippen LogP contribution in [0.25, 0.3) is 0 Å². The van der Waals surface area contributed by atoms with Crippen molar-refractivity contribution >= 4 is 23.4 Å². The Morgan fingerprint density at radius 2 is 2.04 bits per heavy atom. The van der Waals surface area contributed by atoms with Gasteiger partial charge in [-0.2, -0.15) is 11.8 Å². The van der Waals surface area contributed by atoms with Gasteiger partial charge < -0.3 is 19.3 Å². The minimum Gasteiger partial charge on any atom is -0.497 e. The molecule has 0 aliphatic carbocycles. The Bertz CT molecular complexity index is 801. The highest BCUT2D eigenvalue weighted by Gasteiger charge is 2.23. The van der Waals surface area contributed by atoms with Gasteiger partial charge in [-0.15, -0.1) is 0 Å². The number of hydrogen-bond donors (Lipinski definition) is 0. The molecule has 2 saturated heterocycles. The average molecular weight is 400 g/mol. The molecule has 2 aromatic rings. The maximum Gasteiger partial charge on any atom is 0.255 e. The van der Waals surface area contributed by atoms with Crippen molar-refractivity contribution in [2.75, 3.05) is 49.7 Å². The van der Waals surface area contributed by atoms with E-state index in [4.69, 9.17) is 9.47 Å². The lowest BCUT2D eigenvalue weighted by Gasteiger charge is -2.36. The highest BCUT2D eigenvalue weighted by Crippen LogP contribution is 2.24. The van der Waals surface area contributed by atoms with Gasteiger partial charge in [0.05, 0.1) is 12.7 Å². The maximum absolute atomic E-state index is 12.8. The maximum atomic E-state index is 12.8. The Kier molecular flexibility index (Phi) is 5.90. The highest BCUT2D eigenvalue weighted by molar-refractivity contribution is 7.99. The lowest BCUT2D eigenvalue weighted by molar-refractivity contribution is 0.0746. The summed E-state index contributed by atoms with van der Waals surface area (Å²) in [6.07, 6.45) is 2.93. The van der Waals surface area contributed by atoms with E-state index in [1.165, 1.54) is 0 Å². The van der Waals surface area contributed by atoms with Gasteiger partial charge in [0.2, 0.25) is 5.88 Å². The molecule has 148 valence electrons. The first-order valence-electron chi connectivity index (χ1n) is 9.61. The fraction of sp³-hybridized carbons (Fsp3) is 0.429. The second-order valence-electron chi connectivity index (χ2n) is 6.97. The van der Waals surface area contributed by atoms with Gasteiger partial charge >= 0.3 is 0 Å². The van der Waals surface area contributed by atoms with Crippen LogP contribution in [-0.2, 0) is 0 Å². The number of anilines is 1. The predicted octanol–water partition coefficient (Wildman–Crippen LogP) is 2.94. The topological polar surface area (TPSA) is 54.9 Å². The number of benzene rings is 1. The lowest BCUT2D eigenvalue weighted by atomic mass is 10.2. The molecule has 1 unspecified atom stereocenters. The smallest absolute Gasteiger partial charge is 0.255 e. The number of carbonyl (C=O) groups excluding carboxylic acids is 1. The molecule has 1 aromatic carbocycles. The number of ether oxygens (including phenoxy) is 2. The van der Waals surface area contributed by atoms with Crippen LogP contribution in [0.1, 0.15) is 16.8 Å². The summed E-state index contributed by atoms with van der Waals surface area (Å²) in [5.41, 5.74) is 1.74. The molecule has 2 aliphatic heterocycles. The van der Waals surface area contributed by atoms with E-state index in [1.54, 1.807) is 13.3 Å². The zero-order valence-corrected chi connectivity index (χ0v) is 16.9. The minimum absolute atomic E-state index is 0.0285. The molecule has 2 fully saturated rings. The molecule has 4 rings (SSSR count). The van der Waals surface area contributed by atoms with Crippen LogP contribution in [0.2, 0.25) is 0 Å². The minimum atomic E-state index is 0.0285. The zero-order chi connectivity index (χ0) is 19.3.